The van der Waals surface area contributed by atoms with Gasteiger partial charge in [-0.25, -0.2) is 0 Å². The van der Waals surface area contributed by atoms with E-state index in [4.69, 9.17) is 3.32 Å². The standard InChI is InChI=1S/Li.O.Ta.Ti.H/q+1;;;;-1. The Balaban J connectivity index is -0.00000000167. The van der Waals surface area contributed by atoms with E-state index in [2.05, 4.69) is 0 Å². The van der Waals surface area contributed by atoms with Gasteiger partial charge < -0.3 is 1.43 Å². The van der Waals surface area contributed by atoms with Crippen molar-refractivity contribution >= 4 is 0 Å². The molecule has 4 heteroatoms. The summed E-state index contributed by atoms with van der Waals surface area (Å²) in [6, 6.07) is 0. The van der Waals surface area contributed by atoms with Gasteiger partial charge in [0.15, 0.2) is 0 Å². The van der Waals surface area contributed by atoms with Gasteiger partial charge in [-0.1, -0.05) is 0 Å². The topological polar surface area (TPSA) is 17.1 Å². The van der Waals surface area contributed by atoms with E-state index in [1.165, 1.54) is 0 Å². The van der Waals surface area contributed by atoms with Crippen LogP contribution in [0.1, 0.15) is 1.43 Å². The molecular formula is HLiOTaTi. The van der Waals surface area contributed by atoms with Crippen molar-refractivity contribution in [3.63, 3.8) is 0 Å². The third-order valence-corrected chi connectivity index (χ3v) is 0. The molecule has 0 aliphatic rings. The van der Waals surface area contributed by atoms with Crippen LogP contribution in [0.25, 0.3) is 0 Å². The summed E-state index contributed by atoms with van der Waals surface area (Å²) in [7, 11) is 0. The van der Waals surface area contributed by atoms with Gasteiger partial charge >= 0.3 is 42.6 Å². The minimum Gasteiger partial charge on any atom is 0 e. The summed E-state index contributed by atoms with van der Waals surface area (Å²) in [6.07, 6.45) is 0. The second kappa shape index (κ2) is 21.0. The van der Waals surface area contributed by atoms with E-state index >= 15 is 0 Å². The van der Waals surface area contributed by atoms with Gasteiger partial charge in [-0.3, -0.25) is 0 Å². The molecule has 0 saturated carbocycles. The van der Waals surface area contributed by atoms with Gasteiger partial charge in [0.25, 0.3) is 0 Å². The Hall–Kier alpha value is 1.85. The van der Waals surface area contributed by atoms with Gasteiger partial charge in [0.1, 0.15) is 0 Å². The molecule has 0 aromatic rings. The molecule has 0 unspecified atom stereocenters. The molecule has 0 rings (SSSR count). The first kappa shape index (κ1) is 16.9. The molecule has 0 bridgehead atoms. The molecular weight excluding hydrogens is 252 g/mol. The van der Waals surface area contributed by atoms with Crippen LogP contribution in [0.2, 0.25) is 0 Å². The minimum absolute atomic E-state index is 0. The van der Waals surface area contributed by atoms with Crippen LogP contribution in [0.3, 0.4) is 0 Å². The Morgan fingerprint density at radius 3 is 1.50 bits per heavy atom. The second-order valence-corrected chi connectivity index (χ2v) is 0. The van der Waals surface area contributed by atoms with Crippen LogP contribution in [0.15, 0.2) is 0 Å². The van der Waals surface area contributed by atoms with E-state index in [-0.39, 0.29) is 42.7 Å². The molecule has 0 aromatic heterocycles. The molecule has 0 amide bonds. The average Bonchev–Trinajstić information content (AvgIpc) is 1.00. The van der Waals surface area contributed by atoms with Gasteiger partial charge in [-0.15, -0.1) is 0 Å². The fourth-order valence-electron chi connectivity index (χ4n) is 0. The summed E-state index contributed by atoms with van der Waals surface area (Å²) in [4.78, 5) is 0. The fourth-order valence-corrected chi connectivity index (χ4v) is 0. The first-order valence-electron chi connectivity index (χ1n) is 0.204. The summed E-state index contributed by atoms with van der Waals surface area (Å²) in [6.45, 7) is 0. The quantitative estimate of drug-likeness (QED) is 0.420. The maximum Gasteiger partial charge on any atom is 0 e. The predicted molar refractivity (Wildman–Crippen MR) is 1.80 cm³/mol. The first-order chi connectivity index (χ1) is 1.00. The maximum atomic E-state index is 8.25. The van der Waals surface area contributed by atoms with Crippen LogP contribution in [-0.2, 0) is 46.1 Å². The van der Waals surface area contributed by atoms with Crippen LogP contribution >= 0.6 is 0 Å². The molecule has 0 N–H and O–H groups in total. The van der Waals surface area contributed by atoms with Crippen molar-refractivity contribution in [1.82, 2.24) is 0 Å². The van der Waals surface area contributed by atoms with Crippen molar-refractivity contribution < 1.29 is 66.4 Å². The summed E-state index contributed by atoms with van der Waals surface area (Å²) < 4.78 is 8.25. The van der Waals surface area contributed by atoms with Gasteiger partial charge in [0.2, 0.25) is 0 Å². The zero-order valence-electron chi connectivity index (χ0n) is 3.36. The van der Waals surface area contributed by atoms with Gasteiger partial charge in [-0.2, -0.15) is 0 Å². The van der Waals surface area contributed by atoms with Crippen LogP contribution < -0.4 is 18.9 Å². The molecule has 17 valence electrons. The Morgan fingerprint density at radius 1 is 1.50 bits per heavy atom. The maximum absolute atomic E-state index is 8.25. The van der Waals surface area contributed by atoms with Gasteiger partial charge in [0, 0.05) is 22.4 Å². The average molecular weight is 253 g/mol. The van der Waals surface area contributed by atoms with E-state index in [0.29, 0.717) is 0 Å². The zero-order valence-corrected chi connectivity index (χ0v) is 7.13. The largest absolute Gasteiger partial charge is 0 e. The molecule has 1 nitrogen and oxygen atoms in total. The van der Waals surface area contributed by atoms with Crippen molar-refractivity contribution in [3.05, 3.63) is 0 Å². The van der Waals surface area contributed by atoms with Crippen molar-refractivity contribution in [2.24, 2.45) is 0 Å². The van der Waals surface area contributed by atoms with E-state index in [0.717, 1.165) is 20.4 Å². The molecule has 4 heavy (non-hydrogen) atoms. The number of rotatable bonds is 0. The summed E-state index contributed by atoms with van der Waals surface area (Å²) in [5.74, 6) is 0. The summed E-state index contributed by atoms with van der Waals surface area (Å²) >= 11 is 0.750. The van der Waals surface area contributed by atoms with Crippen LogP contribution in [0, 0.1) is 0 Å². The summed E-state index contributed by atoms with van der Waals surface area (Å²) in [5.41, 5.74) is 0. The fraction of sp³-hybridized carbons (Fsp3) is 0. The third kappa shape index (κ3) is 9.13. The van der Waals surface area contributed by atoms with E-state index in [9.17, 15) is 0 Å². The summed E-state index contributed by atoms with van der Waals surface area (Å²) in [5, 5.41) is 0. The Kier molecular flexibility index (Phi) is 88.9. The molecule has 0 aromatic carbocycles. The zero-order chi connectivity index (χ0) is 2.00. The van der Waals surface area contributed by atoms with Crippen LogP contribution in [-0.4, -0.2) is 0 Å². The molecule has 0 spiro atoms. The Bertz CT molecular complexity index is 11.6. The Morgan fingerprint density at radius 2 is 1.50 bits per heavy atom. The minimum atomic E-state index is 0. The molecule has 0 fully saturated rings. The molecule has 1 radical (unpaired) electrons. The van der Waals surface area contributed by atoms with E-state index in [1.807, 2.05) is 0 Å². The molecule has 0 aliphatic carbocycles. The molecule has 0 saturated heterocycles. The first-order valence-corrected chi connectivity index (χ1v) is 0.842. The van der Waals surface area contributed by atoms with Crippen LogP contribution in [0.5, 0.6) is 0 Å². The molecule has 0 atom stereocenters. The second-order valence-electron chi connectivity index (χ2n) is 0. The van der Waals surface area contributed by atoms with Crippen LogP contribution in [0.4, 0.5) is 0 Å². The van der Waals surface area contributed by atoms with Crippen molar-refractivity contribution in [3.8, 4) is 0 Å². The smallest absolute Gasteiger partial charge is 0 e. The normalized spacial score (nSPS) is 0.750. The van der Waals surface area contributed by atoms with Gasteiger partial charge in [-0.05, 0) is 0 Å². The van der Waals surface area contributed by atoms with Gasteiger partial charge in [0.05, 0.1) is 0 Å². The molecule has 0 heterocycles. The van der Waals surface area contributed by atoms with E-state index in [1.54, 1.807) is 0 Å². The van der Waals surface area contributed by atoms with Crippen molar-refractivity contribution in [2.45, 2.75) is 0 Å². The monoisotopic (exact) mass is 253 g/mol. The number of hydrogen-bond acceptors (Lipinski definition) is 1. The molecule has 0 aliphatic heterocycles. The van der Waals surface area contributed by atoms with E-state index < -0.39 is 0 Å². The van der Waals surface area contributed by atoms with Crippen molar-refractivity contribution in [2.75, 3.05) is 0 Å². The third-order valence-electron chi connectivity index (χ3n) is 0. The van der Waals surface area contributed by atoms with Crippen molar-refractivity contribution in [1.29, 1.82) is 0 Å². The SMILES string of the molecule is [H-].[Li+].[O]=[Ti].[Ta]. The Labute approximate surface area is 65.8 Å². The number of hydrogen-bond donors (Lipinski definition) is 0. The predicted octanol–water partition coefficient (Wildman–Crippen LogP) is -3.01.